The Morgan fingerprint density at radius 3 is 2.87 bits per heavy atom. The lowest BCUT2D eigenvalue weighted by atomic mass is 9.86. The smallest absolute Gasteiger partial charge is 0.306 e. The van der Waals surface area contributed by atoms with E-state index < -0.39 is 5.97 Å². The summed E-state index contributed by atoms with van der Waals surface area (Å²) in [4.78, 5) is 15.5. The van der Waals surface area contributed by atoms with Crippen LogP contribution in [0.3, 0.4) is 0 Å². The van der Waals surface area contributed by atoms with Gasteiger partial charge in [0.25, 0.3) is 0 Å². The monoisotopic (exact) mass is 318 g/mol. The SMILES string of the molecule is COCCc1nc2cc(NC3CCC(C(=O)O)CC3)ccc2o1. The van der Waals surface area contributed by atoms with Crippen LogP contribution < -0.4 is 5.32 Å². The number of nitrogens with zero attached hydrogens (tertiary/aromatic N) is 1. The molecule has 0 unspecified atom stereocenters. The van der Waals surface area contributed by atoms with Gasteiger partial charge in [0, 0.05) is 25.3 Å². The summed E-state index contributed by atoms with van der Waals surface area (Å²) in [6.45, 7) is 0.588. The summed E-state index contributed by atoms with van der Waals surface area (Å²) in [6.07, 6.45) is 3.90. The zero-order chi connectivity index (χ0) is 16.2. The fraction of sp³-hybridized carbons (Fsp3) is 0.529. The lowest BCUT2D eigenvalue weighted by molar-refractivity contribution is -0.142. The summed E-state index contributed by atoms with van der Waals surface area (Å²) in [5.41, 5.74) is 2.61. The third kappa shape index (κ3) is 3.82. The Morgan fingerprint density at radius 2 is 2.17 bits per heavy atom. The number of ether oxygens (including phenoxy) is 1. The fourth-order valence-corrected chi connectivity index (χ4v) is 3.08. The van der Waals surface area contributed by atoms with Gasteiger partial charge in [-0.05, 0) is 43.9 Å². The van der Waals surface area contributed by atoms with E-state index in [-0.39, 0.29) is 5.92 Å². The van der Waals surface area contributed by atoms with Crippen molar-refractivity contribution in [2.75, 3.05) is 19.0 Å². The van der Waals surface area contributed by atoms with Gasteiger partial charge in [0.2, 0.25) is 0 Å². The average molecular weight is 318 g/mol. The van der Waals surface area contributed by atoms with Crippen LogP contribution in [0.25, 0.3) is 11.1 Å². The molecule has 6 nitrogen and oxygen atoms in total. The fourth-order valence-electron chi connectivity index (χ4n) is 3.08. The summed E-state index contributed by atoms with van der Waals surface area (Å²) in [5, 5.41) is 12.5. The number of carboxylic acid groups (broad SMARTS) is 1. The van der Waals surface area contributed by atoms with E-state index in [4.69, 9.17) is 14.3 Å². The first kappa shape index (κ1) is 15.8. The number of rotatable bonds is 6. The predicted octanol–water partition coefficient (Wildman–Crippen LogP) is 3.07. The lowest BCUT2D eigenvalue weighted by Gasteiger charge is -2.27. The highest BCUT2D eigenvalue weighted by Crippen LogP contribution is 2.28. The largest absolute Gasteiger partial charge is 0.481 e. The maximum absolute atomic E-state index is 11.0. The highest BCUT2D eigenvalue weighted by atomic mass is 16.5. The number of aromatic nitrogens is 1. The first-order valence-electron chi connectivity index (χ1n) is 8.03. The van der Waals surface area contributed by atoms with Crippen molar-refractivity contribution in [2.24, 2.45) is 5.92 Å². The minimum absolute atomic E-state index is 0.186. The zero-order valence-electron chi connectivity index (χ0n) is 13.2. The number of aliphatic carboxylic acids is 1. The zero-order valence-corrected chi connectivity index (χ0v) is 13.2. The molecule has 1 heterocycles. The molecule has 2 N–H and O–H groups in total. The first-order valence-corrected chi connectivity index (χ1v) is 8.03. The van der Waals surface area contributed by atoms with Gasteiger partial charge in [0.1, 0.15) is 5.52 Å². The van der Waals surface area contributed by atoms with E-state index in [9.17, 15) is 4.79 Å². The van der Waals surface area contributed by atoms with Crippen molar-refractivity contribution < 1.29 is 19.1 Å². The van der Waals surface area contributed by atoms with Gasteiger partial charge < -0.3 is 19.6 Å². The molecule has 6 heteroatoms. The molecule has 1 fully saturated rings. The van der Waals surface area contributed by atoms with Crippen molar-refractivity contribution in [2.45, 2.75) is 38.1 Å². The second kappa shape index (κ2) is 7.00. The van der Waals surface area contributed by atoms with Crippen molar-refractivity contribution in [3.63, 3.8) is 0 Å². The van der Waals surface area contributed by atoms with Gasteiger partial charge in [-0.25, -0.2) is 4.98 Å². The van der Waals surface area contributed by atoms with Crippen molar-refractivity contribution in [1.29, 1.82) is 0 Å². The Bertz CT molecular complexity index is 674. The lowest BCUT2D eigenvalue weighted by Crippen LogP contribution is -2.29. The number of carbonyl (C=O) groups is 1. The highest BCUT2D eigenvalue weighted by Gasteiger charge is 2.25. The third-order valence-electron chi connectivity index (χ3n) is 4.40. The first-order chi connectivity index (χ1) is 11.2. The van der Waals surface area contributed by atoms with Gasteiger partial charge in [-0.2, -0.15) is 0 Å². The van der Waals surface area contributed by atoms with Crippen LogP contribution in [0, 0.1) is 5.92 Å². The summed E-state index contributed by atoms with van der Waals surface area (Å²) in [7, 11) is 1.66. The molecule has 23 heavy (non-hydrogen) atoms. The number of hydrogen-bond acceptors (Lipinski definition) is 5. The van der Waals surface area contributed by atoms with Crippen LogP contribution >= 0.6 is 0 Å². The molecule has 0 saturated heterocycles. The van der Waals surface area contributed by atoms with E-state index >= 15 is 0 Å². The van der Waals surface area contributed by atoms with Gasteiger partial charge in [0.05, 0.1) is 12.5 Å². The minimum Gasteiger partial charge on any atom is -0.481 e. The van der Waals surface area contributed by atoms with Gasteiger partial charge in [-0.3, -0.25) is 4.79 Å². The number of carboxylic acids is 1. The number of anilines is 1. The van der Waals surface area contributed by atoms with Crippen LogP contribution in [0.4, 0.5) is 5.69 Å². The molecule has 0 spiro atoms. The summed E-state index contributed by atoms with van der Waals surface area (Å²) in [6, 6.07) is 6.21. The van der Waals surface area contributed by atoms with E-state index in [1.165, 1.54) is 0 Å². The van der Waals surface area contributed by atoms with E-state index in [0.29, 0.717) is 25.0 Å². The minimum atomic E-state index is -0.670. The van der Waals surface area contributed by atoms with E-state index in [2.05, 4.69) is 10.3 Å². The molecular weight excluding hydrogens is 296 g/mol. The molecule has 0 amide bonds. The Morgan fingerprint density at radius 1 is 1.39 bits per heavy atom. The summed E-state index contributed by atoms with van der Waals surface area (Å²) >= 11 is 0. The molecule has 3 rings (SSSR count). The van der Waals surface area contributed by atoms with Crippen LogP contribution in [0.2, 0.25) is 0 Å². The topological polar surface area (TPSA) is 84.6 Å². The quantitative estimate of drug-likeness (QED) is 0.851. The normalized spacial score (nSPS) is 21.4. The Kier molecular flexibility index (Phi) is 4.81. The molecule has 2 aromatic rings. The standard InChI is InChI=1S/C17H22N2O4/c1-22-9-8-16-19-14-10-13(6-7-15(14)23-16)18-12-4-2-11(3-5-12)17(20)21/h6-7,10-12,18H,2-5,8-9H2,1H3,(H,20,21). The molecule has 1 aliphatic carbocycles. The van der Waals surface area contributed by atoms with Crippen molar-refractivity contribution in [3.8, 4) is 0 Å². The Hall–Kier alpha value is -2.08. The number of nitrogens with one attached hydrogen (secondary N) is 1. The predicted molar refractivity (Wildman–Crippen MR) is 86.6 cm³/mol. The van der Waals surface area contributed by atoms with Crippen LogP contribution in [0.15, 0.2) is 22.6 Å². The number of benzene rings is 1. The number of oxazole rings is 1. The molecule has 124 valence electrons. The molecular formula is C17H22N2O4. The number of hydrogen-bond donors (Lipinski definition) is 2. The Balaban J connectivity index is 1.63. The maximum atomic E-state index is 11.0. The molecule has 0 bridgehead atoms. The van der Waals surface area contributed by atoms with Crippen molar-refractivity contribution in [1.82, 2.24) is 4.98 Å². The van der Waals surface area contributed by atoms with E-state index in [1.54, 1.807) is 7.11 Å². The molecule has 1 saturated carbocycles. The van der Waals surface area contributed by atoms with Gasteiger partial charge in [-0.15, -0.1) is 0 Å². The van der Waals surface area contributed by atoms with Crippen LogP contribution in [-0.4, -0.2) is 35.8 Å². The van der Waals surface area contributed by atoms with Gasteiger partial charge in [-0.1, -0.05) is 0 Å². The third-order valence-corrected chi connectivity index (χ3v) is 4.40. The van der Waals surface area contributed by atoms with E-state index in [0.717, 1.165) is 42.5 Å². The van der Waals surface area contributed by atoms with Gasteiger partial charge in [0.15, 0.2) is 11.5 Å². The van der Waals surface area contributed by atoms with E-state index in [1.807, 2.05) is 18.2 Å². The van der Waals surface area contributed by atoms with Crippen LogP contribution in [-0.2, 0) is 16.0 Å². The molecule has 1 aliphatic rings. The highest BCUT2D eigenvalue weighted by molar-refractivity contribution is 5.77. The van der Waals surface area contributed by atoms with Crippen molar-refractivity contribution in [3.05, 3.63) is 24.1 Å². The van der Waals surface area contributed by atoms with Crippen LogP contribution in [0.1, 0.15) is 31.6 Å². The van der Waals surface area contributed by atoms with Gasteiger partial charge >= 0.3 is 5.97 Å². The number of methoxy groups -OCH3 is 1. The second-order valence-electron chi connectivity index (χ2n) is 6.06. The molecule has 1 aromatic carbocycles. The molecule has 1 aromatic heterocycles. The number of fused-ring (bicyclic) bond motifs is 1. The summed E-state index contributed by atoms with van der Waals surface area (Å²) < 4.78 is 10.7. The van der Waals surface area contributed by atoms with Crippen LogP contribution in [0.5, 0.6) is 0 Å². The second-order valence-corrected chi connectivity index (χ2v) is 6.06. The molecule has 0 aliphatic heterocycles. The van der Waals surface area contributed by atoms with Crippen molar-refractivity contribution >= 4 is 22.8 Å². The summed E-state index contributed by atoms with van der Waals surface area (Å²) in [5.74, 6) is -0.175. The average Bonchev–Trinajstić information content (AvgIpc) is 2.95. The maximum Gasteiger partial charge on any atom is 0.306 e. The molecule has 0 radical (unpaired) electrons. The molecule has 0 atom stereocenters. The Labute approximate surface area is 134 Å².